The number of benzene rings is 1. The predicted octanol–water partition coefficient (Wildman–Crippen LogP) is 4.08. The second kappa shape index (κ2) is 13.4. The number of hydrogen-bond donors (Lipinski definition) is 0. The molecule has 38 heavy (non-hydrogen) atoms. The molecule has 3 heterocycles. The molecule has 0 radical (unpaired) electrons. The molecule has 0 saturated carbocycles. The van der Waals surface area contributed by atoms with Crippen LogP contribution in [0.15, 0.2) is 35.3 Å². The predicted molar refractivity (Wildman–Crippen MR) is 152 cm³/mol. The molecule has 0 spiro atoms. The van der Waals surface area contributed by atoms with Crippen molar-refractivity contribution in [3.63, 3.8) is 0 Å². The van der Waals surface area contributed by atoms with Gasteiger partial charge in [0.15, 0.2) is 0 Å². The summed E-state index contributed by atoms with van der Waals surface area (Å²) in [4.78, 5) is 27.1. The van der Waals surface area contributed by atoms with Crippen LogP contribution in [0.3, 0.4) is 0 Å². The van der Waals surface area contributed by atoms with E-state index in [0.717, 1.165) is 17.0 Å². The third-order valence-corrected chi connectivity index (χ3v) is 8.58. The Kier molecular flexibility index (Phi) is 10.2. The van der Waals surface area contributed by atoms with Crippen LogP contribution in [-0.2, 0) is 35.6 Å². The Hall–Kier alpha value is -1.99. The van der Waals surface area contributed by atoms with E-state index in [2.05, 4.69) is 27.1 Å². The second-order valence-corrected chi connectivity index (χ2v) is 11.2. The van der Waals surface area contributed by atoms with E-state index in [-0.39, 0.29) is 35.7 Å². The molecule has 1 aromatic carbocycles. The number of rotatable bonds is 12. The maximum absolute atomic E-state index is 13.7. The zero-order chi connectivity index (χ0) is 27.2. The van der Waals surface area contributed by atoms with Crippen molar-refractivity contribution in [1.29, 1.82) is 0 Å². The van der Waals surface area contributed by atoms with Crippen LogP contribution < -0.4 is 10.5 Å². The van der Waals surface area contributed by atoms with Gasteiger partial charge in [0, 0.05) is 49.4 Å². The number of hydrogen-bond acceptors (Lipinski definition) is 7. The van der Waals surface area contributed by atoms with Crippen LogP contribution in [0.25, 0.3) is 0 Å². The standard InChI is InChI=1S/C24H27ClF2IN6O3P/c1-31(8-10-37-11-9-35)15-19-18-14-32(21-12-29-34(38-28)24(36)22(21)25)7-6-20(18)33(30-19)13-16-4-2-3-5-17(16)23(26)27/h2-5,9,12,23,38H,6-8,10-11,13-15H2,1H3. The number of aromatic nitrogens is 4. The number of aldehydes is 1. The maximum atomic E-state index is 13.7. The van der Waals surface area contributed by atoms with Crippen LogP contribution >= 0.6 is 40.0 Å². The van der Waals surface area contributed by atoms with Crippen molar-refractivity contribution >= 4 is 52.0 Å². The quantitative estimate of drug-likeness (QED) is 0.124. The van der Waals surface area contributed by atoms with E-state index in [1.807, 2.05) is 21.5 Å². The van der Waals surface area contributed by atoms with Crippen LogP contribution in [0.4, 0.5) is 14.5 Å². The average Bonchev–Trinajstić information content (AvgIpc) is 3.24. The number of likely N-dealkylation sites (N-methyl/N-ethyl adjacent to an activating group) is 1. The first-order chi connectivity index (χ1) is 18.3. The molecular formula is C24H27ClF2IN6O3P. The molecule has 0 aliphatic carbocycles. The number of fused-ring (bicyclic) bond motifs is 1. The number of alkyl halides is 2. The van der Waals surface area contributed by atoms with Gasteiger partial charge in [0.2, 0.25) is 0 Å². The third kappa shape index (κ3) is 6.59. The Bertz CT molecular complexity index is 1340. The van der Waals surface area contributed by atoms with Gasteiger partial charge in [0.1, 0.15) is 17.9 Å². The maximum Gasteiger partial charge on any atom is 0.291 e. The van der Waals surface area contributed by atoms with Crippen molar-refractivity contribution < 1.29 is 18.3 Å². The van der Waals surface area contributed by atoms with Crippen molar-refractivity contribution in [2.45, 2.75) is 32.5 Å². The lowest BCUT2D eigenvalue weighted by Crippen LogP contribution is -2.34. The van der Waals surface area contributed by atoms with Crippen LogP contribution in [0.2, 0.25) is 5.02 Å². The molecule has 14 heteroatoms. The van der Waals surface area contributed by atoms with Crippen molar-refractivity contribution in [1.82, 2.24) is 24.2 Å². The first kappa shape index (κ1) is 29.0. The molecular weight excluding hydrogens is 652 g/mol. The SMILES string of the molecule is CN(CCOCC=O)Cc1nn(Cc2ccccc2C(F)F)c2c1CN(c1cnn(PI)c(=O)c1Cl)CC2. The van der Waals surface area contributed by atoms with Crippen molar-refractivity contribution in [3.8, 4) is 0 Å². The number of nitrogens with zero attached hydrogens (tertiary/aromatic N) is 6. The van der Waals surface area contributed by atoms with Crippen LogP contribution in [0.5, 0.6) is 0 Å². The largest absolute Gasteiger partial charge is 0.373 e. The molecule has 0 N–H and O–H groups in total. The van der Waals surface area contributed by atoms with Gasteiger partial charge in [0.05, 0.1) is 37.1 Å². The van der Waals surface area contributed by atoms with Gasteiger partial charge in [-0.05, 0) is 34.7 Å². The number of carbonyl (C=O) groups excluding carboxylic acids is 1. The summed E-state index contributed by atoms with van der Waals surface area (Å²) in [5.41, 5.74) is 3.49. The monoisotopic (exact) mass is 678 g/mol. The topological polar surface area (TPSA) is 85.5 Å². The number of carbonyl (C=O) groups is 1. The Morgan fingerprint density at radius 3 is 2.87 bits per heavy atom. The fraction of sp³-hybridized carbons (Fsp3) is 0.417. The fourth-order valence-electron chi connectivity index (χ4n) is 4.47. The number of ether oxygens (including phenoxy) is 1. The molecule has 204 valence electrons. The highest BCUT2D eigenvalue weighted by Crippen LogP contribution is 2.32. The molecule has 2 aromatic heterocycles. The fourth-order valence-corrected chi connectivity index (χ4v) is 6.11. The van der Waals surface area contributed by atoms with Crippen LogP contribution in [-0.4, -0.2) is 63.9 Å². The lowest BCUT2D eigenvalue weighted by molar-refractivity contribution is -0.112. The smallest absolute Gasteiger partial charge is 0.291 e. The van der Waals surface area contributed by atoms with Crippen molar-refractivity contribution in [2.75, 3.05) is 38.3 Å². The molecule has 0 bridgehead atoms. The molecule has 4 rings (SSSR count). The normalized spacial score (nSPS) is 13.7. The molecule has 1 unspecified atom stereocenters. The molecule has 0 saturated heterocycles. The number of halogens is 4. The van der Waals surface area contributed by atoms with E-state index in [4.69, 9.17) is 21.4 Å². The van der Waals surface area contributed by atoms with E-state index >= 15 is 0 Å². The summed E-state index contributed by atoms with van der Waals surface area (Å²) in [7, 11) is 1.92. The molecule has 1 atom stereocenters. The lowest BCUT2D eigenvalue weighted by atomic mass is 10.0. The highest BCUT2D eigenvalue weighted by Gasteiger charge is 2.28. The van der Waals surface area contributed by atoms with Gasteiger partial charge in [-0.15, -0.1) is 0 Å². The minimum atomic E-state index is -2.58. The van der Waals surface area contributed by atoms with Gasteiger partial charge in [-0.2, -0.15) is 10.2 Å². The van der Waals surface area contributed by atoms with E-state index in [1.165, 1.54) is 10.5 Å². The van der Waals surface area contributed by atoms with E-state index in [1.54, 1.807) is 24.4 Å². The van der Waals surface area contributed by atoms with Crippen LogP contribution in [0, 0.1) is 0 Å². The van der Waals surface area contributed by atoms with E-state index in [0.29, 0.717) is 56.7 Å². The summed E-state index contributed by atoms with van der Waals surface area (Å²) in [5.74, 6) is 0. The highest BCUT2D eigenvalue weighted by atomic mass is 127. The summed E-state index contributed by atoms with van der Waals surface area (Å²) < 4.78 is 35.7. The Labute approximate surface area is 238 Å². The van der Waals surface area contributed by atoms with E-state index < -0.39 is 6.43 Å². The Balaban J connectivity index is 1.65. The summed E-state index contributed by atoms with van der Waals surface area (Å²) in [6.45, 7) is 2.76. The van der Waals surface area contributed by atoms with Gasteiger partial charge < -0.3 is 14.4 Å². The van der Waals surface area contributed by atoms with E-state index in [9.17, 15) is 18.4 Å². The zero-order valence-corrected chi connectivity index (χ0v) is 24.5. The summed E-state index contributed by atoms with van der Waals surface area (Å²) >= 11 is 8.53. The first-order valence-electron chi connectivity index (χ1n) is 11.9. The van der Waals surface area contributed by atoms with Gasteiger partial charge >= 0.3 is 0 Å². The lowest BCUT2D eigenvalue weighted by Gasteiger charge is -2.30. The highest BCUT2D eigenvalue weighted by molar-refractivity contribution is 14.2. The molecule has 3 aromatic rings. The van der Waals surface area contributed by atoms with Gasteiger partial charge in [-0.25, -0.2) is 13.2 Å². The average molecular weight is 679 g/mol. The third-order valence-electron chi connectivity index (χ3n) is 6.37. The molecule has 0 fully saturated rings. The minimum absolute atomic E-state index is 0.00502. The van der Waals surface area contributed by atoms with Gasteiger partial charge in [-0.1, -0.05) is 35.9 Å². The molecule has 1 aliphatic heterocycles. The molecule has 9 nitrogen and oxygen atoms in total. The van der Waals surface area contributed by atoms with Crippen LogP contribution in [0.1, 0.15) is 34.5 Å². The molecule has 1 aliphatic rings. The Morgan fingerprint density at radius 2 is 2.13 bits per heavy atom. The van der Waals surface area contributed by atoms with Gasteiger partial charge in [-0.3, -0.25) is 14.4 Å². The van der Waals surface area contributed by atoms with Crippen molar-refractivity contribution in [3.05, 3.63) is 73.9 Å². The number of anilines is 1. The summed E-state index contributed by atoms with van der Waals surface area (Å²) in [6, 6.07) is 6.51. The Morgan fingerprint density at radius 1 is 1.34 bits per heavy atom. The van der Waals surface area contributed by atoms with Crippen molar-refractivity contribution in [2.24, 2.45) is 0 Å². The zero-order valence-electron chi connectivity index (χ0n) is 20.6. The first-order valence-corrected chi connectivity index (χ1v) is 16.3. The van der Waals surface area contributed by atoms with Gasteiger partial charge in [0.25, 0.3) is 12.0 Å². The summed E-state index contributed by atoms with van der Waals surface area (Å²) in [6.07, 6.45) is 0.479. The second-order valence-electron chi connectivity index (χ2n) is 8.83. The minimum Gasteiger partial charge on any atom is -0.373 e. The molecule has 0 amide bonds. The summed E-state index contributed by atoms with van der Waals surface area (Å²) in [5, 5.41) is 9.22.